The van der Waals surface area contributed by atoms with Gasteiger partial charge in [0.15, 0.2) is 0 Å². The van der Waals surface area contributed by atoms with Gasteiger partial charge in [0.2, 0.25) is 0 Å². The molecule has 0 aliphatic rings. The first-order chi connectivity index (χ1) is 9.08. The molecule has 0 bridgehead atoms. The van der Waals surface area contributed by atoms with Gasteiger partial charge in [0.05, 0.1) is 14.2 Å². The molecule has 0 radical (unpaired) electrons. The molecule has 0 aliphatic heterocycles. The van der Waals surface area contributed by atoms with E-state index in [2.05, 4.69) is 41.0 Å². The Hall–Kier alpha value is -1.43. The molecule has 6 nitrogen and oxygen atoms in total. The highest BCUT2D eigenvalue weighted by Crippen LogP contribution is 2.13. The third kappa shape index (κ3) is 5.38. The number of nitrogens with zero attached hydrogens (tertiary/aromatic N) is 3. The van der Waals surface area contributed by atoms with E-state index in [4.69, 9.17) is 9.47 Å². The minimum Gasteiger partial charge on any atom is -0.467 e. The van der Waals surface area contributed by atoms with E-state index in [1.54, 1.807) is 0 Å². The van der Waals surface area contributed by atoms with Gasteiger partial charge in [-0.15, -0.1) is 4.98 Å². The highest BCUT2D eigenvalue weighted by Gasteiger charge is 2.15. The van der Waals surface area contributed by atoms with Crippen LogP contribution in [0.1, 0.15) is 33.0 Å². The maximum absolute atomic E-state index is 5.06. The zero-order chi connectivity index (χ0) is 14.3. The fraction of sp³-hybridized carbons (Fsp3) is 0.769. The second-order valence-corrected chi connectivity index (χ2v) is 4.81. The van der Waals surface area contributed by atoms with Crippen LogP contribution in [-0.4, -0.2) is 41.8 Å². The van der Waals surface area contributed by atoms with Gasteiger partial charge in [-0.25, -0.2) is 0 Å². The molecule has 0 saturated heterocycles. The van der Waals surface area contributed by atoms with Crippen molar-refractivity contribution in [3.63, 3.8) is 0 Å². The lowest BCUT2D eigenvalue weighted by molar-refractivity contribution is 0.332. The summed E-state index contributed by atoms with van der Waals surface area (Å²) in [5.41, 5.74) is 0. The standard InChI is InChI=1S/C13H24N4O2/c1-6-14-10(7-9(2)3)8-11-15-12(18-4)17-13(16-11)19-5/h9-10,14H,6-8H2,1-5H3. The quantitative estimate of drug-likeness (QED) is 0.769. The normalized spacial score (nSPS) is 12.5. The molecule has 0 spiro atoms. The third-order valence-electron chi connectivity index (χ3n) is 2.68. The van der Waals surface area contributed by atoms with Crippen LogP contribution >= 0.6 is 0 Å². The lowest BCUT2D eigenvalue weighted by Crippen LogP contribution is -2.33. The van der Waals surface area contributed by atoms with Gasteiger partial charge in [-0.3, -0.25) is 0 Å². The van der Waals surface area contributed by atoms with E-state index in [0.717, 1.165) is 19.4 Å². The topological polar surface area (TPSA) is 69.2 Å². The maximum atomic E-state index is 5.06. The summed E-state index contributed by atoms with van der Waals surface area (Å²) >= 11 is 0. The number of methoxy groups -OCH3 is 2. The van der Waals surface area contributed by atoms with Crippen molar-refractivity contribution in [2.75, 3.05) is 20.8 Å². The van der Waals surface area contributed by atoms with Crippen molar-refractivity contribution in [3.8, 4) is 12.0 Å². The Labute approximate surface area is 115 Å². The van der Waals surface area contributed by atoms with E-state index in [1.165, 1.54) is 14.2 Å². The van der Waals surface area contributed by atoms with Gasteiger partial charge in [-0.2, -0.15) is 9.97 Å². The Balaban J connectivity index is 2.82. The molecule has 1 rings (SSSR count). The number of hydrogen-bond acceptors (Lipinski definition) is 6. The largest absolute Gasteiger partial charge is 0.467 e. The molecule has 0 saturated carbocycles. The van der Waals surface area contributed by atoms with E-state index in [0.29, 0.717) is 29.8 Å². The minimum atomic E-state index is 0.293. The fourth-order valence-corrected chi connectivity index (χ4v) is 1.97. The van der Waals surface area contributed by atoms with Crippen LogP contribution < -0.4 is 14.8 Å². The van der Waals surface area contributed by atoms with Gasteiger partial charge in [0.25, 0.3) is 0 Å². The zero-order valence-electron chi connectivity index (χ0n) is 12.4. The first-order valence-corrected chi connectivity index (χ1v) is 6.65. The number of likely N-dealkylation sites (N-methyl/N-ethyl adjacent to an activating group) is 1. The average molecular weight is 268 g/mol. The van der Waals surface area contributed by atoms with Crippen LogP contribution in [0.3, 0.4) is 0 Å². The second-order valence-electron chi connectivity index (χ2n) is 4.81. The molecule has 0 fully saturated rings. The summed E-state index contributed by atoms with van der Waals surface area (Å²) in [6.45, 7) is 7.44. The Morgan fingerprint density at radius 1 is 1.05 bits per heavy atom. The van der Waals surface area contributed by atoms with E-state index < -0.39 is 0 Å². The first-order valence-electron chi connectivity index (χ1n) is 6.65. The van der Waals surface area contributed by atoms with E-state index in [9.17, 15) is 0 Å². The highest BCUT2D eigenvalue weighted by atomic mass is 16.5. The van der Waals surface area contributed by atoms with Crippen molar-refractivity contribution < 1.29 is 9.47 Å². The number of aromatic nitrogens is 3. The summed E-state index contributed by atoms with van der Waals surface area (Å²) in [5.74, 6) is 1.31. The Bertz CT molecular complexity index is 363. The van der Waals surface area contributed by atoms with Crippen molar-refractivity contribution in [2.24, 2.45) is 5.92 Å². The predicted octanol–water partition coefficient (Wildman–Crippen LogP) is 1.46. The van der Waals surface area contributed by atoms with E-state index in [1.807, 2.05) is 0 Å². The van der Waals surface area contributed by atoms with Crippen molar-refractivity contribution >= 4 is 0 Å². The number of ether oxygens (including phenoxy) is 2. The zero-order valence-corrected chi connectivity index (χ0v) is 12.4. The van der Waals surface area contributed by atoms with Crippen molar-refractivity contribution in [1.82, 2.24) is 20.3 Å². The first kappa shape index (κ1) is 15.6. The van der Waals surface area contributed by atoms with E-state index >= 15 is 0 Å². The second kappa shape index (κ2) is 7.89. The van der Waals surface area contributed by atoms with Gasteiger partial charge in [0, 0.05) is 12.5 Å². The molecule has 1 N–H and O–H groups in total. The van der Waals surface area contributed by atoms with Crippen LogP contribution in [0.5, 0.6) is 12.0 Å². The molecule has 0 amide bonds. The Morgan fingerprint density at radius 2 is 1.63 bits per heavy atom. The van der Waals surface area contributed by atoms with E-state index in [-0.39, 0.29) is 0 Å². The Kier molecular flexibility index (Phi) is 6.49. The maximum Gasteiger partial charge on any atom is 0.322 e. The average Bonchev–Trinajstić information content (AvgIpc) is 2.37. The summed E-state index contributed by atoms with van der Waals surface area (Å²) in [7, 11) is 3.07. The fourth-order valence-electron chi connectivity index (χ4n) is 1.97. The summed E-state index contributed by atoms with van der Waals surface area (Å²) in [6, 6.07) is 0.935. The summed E-state index contributed by atoms with van der Waals surface area (Å²) in [4.78, 5) is 12.5. The van der Waals surface area contributed by atoms with Crippen LogP contribution in [-0.2, 0) is 6.42 Å². The van der Waals surface area contributed by atoms with Crippen LogP contribution in [0.4, 0.5) is 0 Å². The lowest BCUT2D eigenvalue weighted by atomic mass is 10.0. The van der Waals surface area contributed by atoms with Crippen molar-refractivity contribution in [2.45, 2.75) is 39.7 Å². The molecule has 1 unspecified atom stereocenters. The smallest absolute Gasteiger partial charge is 0.322 e. The monoisotopic (exact) mass is 268 g/mol. The highest BCUT2D eigenvalue weighted by molar-refractivity contribution is 5.06. The number of hydrogen-bond donors (Lipinski definition) is 1. The van der Waals surface area contributed by atoms with Crippen LogP contribution in [0.15, 0.2) is 0 Å². The SMILES string of the molecule is CCNC(Cc1nc(OC)nc(OC)n1)CC(C)C. The molecule has 1 heterocycles. The number of rotatable bonds is 8. The molecule has 108 valence electrons. The summed E-state index contributed by atoms with van der Waals surface area (Å²) in [5, 5.41) is 3.46. The molecule has 19 heavy (non-hydrogen) atoms. The van der Waals surface area contributed by atoms with Gasteiger partial charge in [-0.05, 0) is 18.9 Å². The molecule has 6 heteroatoms. The molecular formula is C13H24N4O2. The van der Waals surface area contributed by atoms with Crippen LogP contribution in [0.2, 0.25) is 0 Å². The van der Waals surface area contributed by atoms with Gasteiger partial charge in [0.1, 0.15) is 5.82 Å². The van der Waals surface area contributed by atoms with Gasteiger partial charge >= 0.3 is 12.0 Å². The molecule has 0 aromatic carbocycles. The summed E-state index contributed by atoms with van der Waals surface area (Å²) in [6.07, 6.45) is 1.81. The molecule has 1 aromatic heterocycles. The van der Waals surface area contributed by atoms with Gasteiger partial charge in [-0.1, -0.05) is 20.8 Å². The van der Waals surface area contributed by atoms with Gasteiger partial charge < -0.3 is 14.8 Å². The molecule has 1 aromatic rings. The molecular weight excluding hydrogens is 244 g/mol. The summed E-state index contributed by atoms with van der Waals surface area (Å²) < 4.78 is 10.1. The molecule has 0 aliphatic carbocycles. The minimum absolute atomic E-state index is 0.293. The molecule has 1 atom stereocenters. The Morgan fingerprint density at radius 3 is 2.05 bits per heavy atom. The third-order valence-corrected chi connectivity index (χ3v) is 2.68. The van der Waals surface area contributed by atoms with Crippen LogP contribution in [0.25, 0.3) is 0 Å². The van der Waals surface area contributed by atoms with Crippen LogP contribution in [0, 0.1) is 5.92 Å². The number of nitrogens with one attached hydrogen (secondary N) is 1. The van der Waals surface area contributed by atoms with Crippen molar-refractivity contribution in [1.29, 1.82) is 0 Å². The lowest BCUT2D eigenvalue weighted by Gasteiger charge is -2.19. The predicted molar refractivity (Wildman–Crippen MR) is 73.6 cm³/mol. The van der Waals surface area contributed by atoms with Crippen molar-refractivity contribution in [3.05, 3.63) is 5.82 Å².